The summed E-state index contributed by atoms with van der Waals surface area (Å²) in [5.41, 5.74) is 2.22. The molecule has 1 saturated heterocycles. The van der Waals surface area contributed by atoms with Crippen molar-refractivity contribution in [2.45, 2.75) is 30.6 Å². The van der Waals surface area contributed by atoms with E-state index in [9.17, 15) is 9.90 Å². The predicted octanol–water partition coefficient (Wildman–Crippen LogP) is 4.72. The second-order valence-electron chi connectivity index (χ2n) is 8.90. The maximum Gasteiger partial charge on any atom is 0.308 e. The van der Waals surface area contributed by atoms with Gasteiger partial charge in [-0.15, -0.1) is 11.8 Å². The molecule has 176 valence electrons. The van der Waals surface area contributed by atoms with Gasteiger partial charge in [0, 0.05) is 54.8 Å². The largest absolute Gasteiger partial charge is 0.497 e. The summed E-state index contributed by atoms with van der Waals surface area (Å²) in [6.45, 7) is 2.57. The Hall–Kier alpha value is -2.51. The van der Waals surface area contributed by atoms with Crippen molar-refractivity contribution >= 4 is 28.6 Å². The zero-order valence-electron chi connectivity index (χ0n) is 19.4. The normalized spacial score (nSPS) is 19.1. The second kappa shape index (κ2) is 11.1. The third kappa shape index (κ3) is 6.09. The van der Waals surface area contributed by atoms with Crippen LogP contribution in [0.5, 0.6) is 5.75 Å². The fraction of sp³-hybridized carbons (Fsp3) is 0.462. The van der Waals surface area contributed by atoms with Crippen molar-refractivity contribution in [2.24, 2.45) is 18.9 Å². The number of carboxylic acid groups (broad SMARTS) is 1. The Morgan fingerprint density at radius 2 is 2.18 bits per heavy atom. The molecule has 0 aliphatic carbocycles. The number of methoxy groups -OCH3 is 1. The number of aromatic nitrogens is 2. The minimum Gasteiger partial charge on any atom is -0.497 e. The van der Waals surface area contributed by atoms with E-state index in [1.165, 1.54) is 10.5 Å². The van der Waals surface area contributed by atoms with Crippen LogP contribution in [0.3, 0.4) is 0 Å². The summed E-state index contributed by atoms with van der Waals surface area (Å²) in [7, 11) is 3.70. The van der Waals surface area contributed by atoms with Gasteiger partial charge in [0.15, 0.2) is 0 Å². The Morgan fingerprint density at radius 1 is 1.30 bits per heavy atom. The molecule has 6 nitrogen and oxygen atoms in total. The van der Waals surface area contributed by atoms with E-state index < -0.39 is 5.97 Å². The van der Waals surface area contributed by atoms with Crippen LogP contribution in [-0.2, 0) is 18.3 Å². The number of piperidine rings is 1. The van der Waals surface area contributed by atoms with E-state index in [1.807, 2.05) is 43.2 Å². The van der Waals surface area contributed by atoms with Crippen molar-refractivity contribution in [1.82, 2.24) is 14.5 Å². The molecule has 3 aromatic rings. The van der Waals surface area contributed by atoms with E-state index in [-0.39, 0.29) is 11.8 Å². The van der Waals surface area contributed by atoms with E-state index >= 15 is 0 Å². The number of hydrogen-bond donors (Lipinski definition) is 1. The first-order chi connectivity index (χ1) is 16.0. The van der Waals surface area contributed by atoms with Gasteiger partial charge in [-0.2, -0.15) is 0 Å². The van der Waals surface area contributed by atoms with Gasteiger partial charge in [0.1, 0.15) is 5.75 Å². The smallest absolute Gasteiger partial charge is 0.308 e. The van der Waals surface area contributed by atoms with Crippen molar-refractivity contribution in [3.05, 3.63) is 54.5 Å². The molecule has 7 heteroatoms. The molecular weight excluding hydrogens is 434 g/mol. The SMILES string of the molecule is COc1ccc2nccc(CCC[C@@H]3CCN(CCSc4ccn(C)c4)C[C@@H]3C(=O)O)c2c1. The predicted molar refractivity (Wildman–Crippen MR) is 133 cm³/mol. The first kappa shape index (κ1) is 23.6. The fourth-order valence-electron chi connectivity index (χ4n) is 4.83. The van der Waals surface area contributed by atoms with Gasteiger partial charge in [0.2, 0.25) is 0 Å². The van der Waals surface area contributed by atoms with Crippen LogP contribution < -0.4 is 4.74 Å². The maximum absolute atomic E-state index is 12.0. The zero-order chi connectivity index (χ0) is 23.2. The highest BCUT2D eigenvalue weighted by atomic mass is 32.2. The lowest BCUT2D eigenvalue weighted by atomic mass is 9.81. The highest BCUT2D eigenvalue weighted by Gasteiger charge is 2.33. The molecule has 1 aromatic carbocycles. The molecule has 0 spiro atoms. The number of rotatable bonds is 10. The highest BCUT2D eigenvalue weighted by molar-refractivity contribution is 7.99. The van der Waals surface area contributed by atoms with E-state index in [2.05, 4.69) is 39.0 Å². The van der Waals surface area contributed by atoms with E-state index in [1.54, 1.807) is 7.11 Å². The summed E-state index contributed by atoms with van der Waals surface area (Å²) in [6.07, 6.45) is 9.84. The van der Waals surface area contributed by atoms with Crippen LogP contribution in [0, 0.1) is 11.8 Å². The van der Waals surface area contributed by atoms with Crippen LogP contribution in [0.4, 0.5) is 0 Å². The number of ether oxygens (including phenoxy) is 1. The van der Waals surface area contributed by atoms with Gasteiger partial charge < -0.3 is 19.3 Å². The number of carboxylic acids is 1. The zero-order valence-corrected chi connectivity index (χ0v) is 20.3. The van der Waals surface area contributed by atoms with Crippen molar-refractivity contribution in [2.75, 3.05) is 32.5 Å². The van der Waals surface area contributed by atoms with Gasteiger partial charge in [-0.3, -0.25) is 9.78 Å². The number of carbonyl (C=O) groups is 1. The molecule has 1 N–H and O–H groups in total. The second-order valence-corrected chi connectivity index (χ2v) is 10.1. The van der Waals surface area contributed by atoms with Crippen molar-refractivity contribution in [3.63, 3.8) is 0 Å². The number of aryl methyl sites for hydroxylation is 2. The molecule has 0 unspecified atom stereocenters. The molecule has 2 atom stereocenters. The van der Waals surface area contributed by atoms with Gasteiger partial charge in [0.25, 0.3) is 0 Å². The van der Waals surface area contributed by atoms with E-state index in [4.69, 9.17) is 4.74 Å². The van der Waals surface area contributed by atoms with E-state index in [0.717, 1.165) is 61.2 Å². The Balaban J connectivity index is 1.29. The number of fused-ring (bicyclic) bond motifs is 1. The summed E-state index contributed by atoms with van der Waals surface area (Å²) in [6, 6.07) is 10.2. The summed E-state index contributed by atoms with van der Waals surface area (Å²) >= 11 is 1.84. The topological polar surface area (TPSA) is 67.6 Å². The minimum atomic E-state index is -0.653. The Labute approximate surface area is 199 Å². The molecule has 1 aliphatic heterocycles. The third-order valence-corrected chi connectivity index (χ3v) is 7.66. The van der Waals surface area contributed by atoms with Crippen LogP contribution in [0.25, 0.3) is 10.9 Å². The summed E-state index contributed by atoms with van der Waals surface area (Å²) in [5.74, 6) is 1.12. The summed E-state index contributed by atoms with van der Waals surface area (Å²) < 4.78 is 7.44. The van der Waals surface area contributed by atoms with Crippen LogP contribution in [0.15, 0.2) is 53.8 Å². The number of aliphatic carboxylic acids is 1. The standard InChI is InChI=1S/C26H33N3O3S/c1-28-12-10-22(17-28)33-15-14-29-13-9-20(24(18-29)26(30)31)5-3-4-19-8-11-27-25-7-6-21(32-2)16-23(19)25/h6-8,10-12,16-17,20,24H,3-5,9,13-15,18H2,1-2H3,(H,30,31)/t20-,24+/m1/s1. The number of benzene rings is 1. The van der Waals surface area contributed by atoms with Gasteiger partial charge in [-0.05, 0) is 74.0 Å². The highest BCUT2D eigenvalue weighted by Crippen LogP contribution is 2.30. The molecule has 2 aromatic heterocycles. The molecule has 1 fully saturated rings. The lowest BCUT2D eigenvalue weighted by molar-refractivity contribution is -0.146. The Bertz CT molecular complexity index is 1080. The van der Waals surface area contributed by atoms with Gasteiger partial charge in [0.05, 0.1) is 18.5 Å². The average Bonchev–Trinajstić information content (AvgIpc) is 3.24. The first-order valence-electron chi connectivity index (χ1n) is 11.6. The monoisotopic (exact) mass is 467 g/mol. The summed E-state index contributed by atoms with van der Waals surface area (Å²) in [4.78, 5) is 20.1. The Morgan fingerprint density at radius 3 is 2.94 bits per heavy atom. The fourth-order valence-corrected chi connectivity index (χ4v) is 5.82. The van der Waals surface area contributed by atoms with Crippen molar-refractivity contribution in [1.29, 1.82) is 0 Å². The number of likely N-dealkylation sites (tertiary alicyclic amines) is 1. The van der Waals surface area contributed by atoms with Gasteiger partial charge in [-0.1, -0.05) is 0 Å². The van der Waals surface area contributed by atoms with E-state index in [0.29, 0.717) is 6.54 Å². The van der Waals surface area contributed by atoms with Crippen molar-refractivity contribution < 1.29 is 14.6 Å². The number of thioether (sulfide) groups is 1. The van der Waals surface area contributed by atoms with Gasteiger partial charge >= 0.3 is 5.97 Å². The first-order valence-corrected chi connectivity index (χ1v) is 12.6. The molecular formula is C26H33N3O3S. The molecule has 1 aliphatic rings. The molecule has 0 radical (unpaired) electrons. The van der Waals surface area contributed by atoms with Crippen LogP contribution in [-0.4, -0.2) is 58.0 Å². The summed E-state index contributed by atoms with van der Waals surface area (Å²) in [5, 5.41) is 11.0. The number of pyridine rings is 1. The van der Waals surface area contributed by atoms with Crippen LogP contribution >= 0.6 is 11.8 Å². The maximum atomic E-state index is 12.0. The molecule has 0 amide bonds. The molecule has 33 heavy (non-hydrogen) atoms. The Kier molecular flexibility index (Phi) is 7.93. The number of nitrogens with zero attached hydrogens (tertiary/aromatic N) is 3. The quantitative estimate of drug-likeness (QED) is 0.435. The molecule has 4 rings (SSSR count). The number of hydrogen-bond acceptors (Lipinski definition) is 5. The molecule has 3 heterocycles. The lowest BCUT2D eigenvalue weighted by Crippen LogP contribution is -2.44. The van der Waals surface area contributed by atoms with Gasteiger partial charge in [-0.25, -0.2) is 0 Å². The van der Waals surface area contributed by atoms with Crippen LogP contribution in [0.1, 0.15) is 24.8 Å². The van der Waals surface area contributed by atoms with Crippen LogP contribution in [0.2, 0.25) is 0 Å². The van der Waals surface area contributed by atoms with Crippen molar-refractivity contribution in [3.8, 4) is 5.75 Å². The molecule has 0 bridgehead atoms. The average molecular weight is 468 g/mol. The minimum absolute atomic E-state index is 0.239. The lowest BCUT2D eigenvalue weighted by Gasteiger charge is -2.36. The molecule has 0 saturated carbocycles. The third-order valence-electron chi connectivity index (χ3n) is 6.70.